The number of hydrogen-bond donors (Lipinski definition) is 1. The van der Waals surface area contributed by atoms with Crippen LogP contribution in [0.3, 0.4) is 0 Å². The molecule has 1 amide bonds. The summed E-state index contributed by atoms with van der Waals surface area (Å²) in [5.74, 6) is 0.535. The molecule has 0 aromatic heterocycles. The summed E-state index contributed by atoms with van der Waals surface area (Å²) in [4.78, 5) is 14.3. The standard InChI is InChI=1S/C21H24Cl2N2O3/c22-18-3-1-4-19(21(18)23)28-12-2-5-20(26)24-15-16-6-8-17(9-7-16)25-10-13-27-14-11-25/h1,3-4,6-9H,2,5,10-15H2,(H,24,26). The summed E-state index contributed by atoms with van der Waals surface area (Å²) < 4.78 is 11.0. The lowest BCUT2D eigenvalue weighted by molar-refractivity contribution is -0.121. The van der Waals surface area contributed by atoms with E-state index < -0.39 is 0 Å². The number of amides is 1. The minimum absolute atomic E-state index is 0.00181. The van der Waals surface area contributed by atoms with Crippen molar-refractivity contribution in [3.8, 4) is 5.75 Å². The van der Waals surface area contributed by atoms with Crippen molar-refractivity contribution in [2.45, 2.75) is 19.4 Å². The van der Waals surface area contributed by atoms with E-state index in [2.05, 4.69) is 34.5 Å². The Morgan fingerprint density at radius 3 is 2.61 bits per heavy atom. The summed E-state index contributed by atoms with van der Waals surface area (Å²) in [5, 5.41) is 3.79. The number of carbonyl (C=O) groups excluding carboxylic acids is 1. The predicted molar refractivity (Wildman–Crippen MR) is 113 cm³/mol. The highest BCUT2D eigenvalue weighted by molar-refractivity contribution is 6.42. The third-order valence-corrected chi connectivity index (χ3v) is 5.33. The summed E-state index contributed by atoms with van der Waals surface area (Å²) >= 11 is 12.0. The van der Waals surface area contributed by atoms with E-state index in [1.54, 1.807) is 18.2 Å². The summed E-state index contributed by atoms with van der Waals surface area (Å²) in [6, 6.07) is 13.5. The summed E-state index contributed by atoms with van der Waals surface area (Å²) in [5.41, 5.74) is 2.27. The molecule has 5 nitrogen and oxygen atoms in total. The van der Waals surface area contributed by atoms with Crippen LogP contribution in [0, 0.1) is 0 Å². The average molecular weight is 423 g/mol. The molecule has 0 unspecified atom stereocenters. The minimum atomic E-state index is -0.00181. The van der Waals surface area contributed by atoms with Crippen LogP contribution in [0.1, 0.15) is 18.4 Å². The third-order valence-electron chi connectivity index (χ3n) is 4.52. The number of hydrogen-bond acceptors (Lipinski definition) is 4. The van der Waals surface area contributed by atoms with Gasteiger partial charge in [0.2, 0.25) is 5.91 Å². The molecule has 1 N–H and O–H groups in total. The molecule has 1 heterocycles. The number of benzene rings is 2. The fraction of sp³-hybridized carbons (Fsp3) is 0.381. The molecule has 0 saturated carbocycles. The highest BCUT2D eigenvalue weighted by Crippen LogP contribution is 2.31. The lowest BCUT2D eigenvalue weighted by Crippen LogP contribution is -2.36. The Morgan fingerprint density at radius 2 is 1.86 bits per heavy atom. The van der Waals surface area contributed by atoms with Gasteiger partial charge in [-0.3, -0.25) is 4.79 Å². The van der Waals surface area contributed by atoms with E-state index in [1.165, 1.54) is 5.69 Å². The van der Waals surface area contributed by atoms with Crippen LogP contribution in [0.4, 0.5) is 5.69 Å². The molecule has 1 fully saturated rings. The van der Waals surface area contributed by atoms with Gasteiger partial charge < -0.3 is 19.7 Å². The van der Waals surface area contributed by atoms with Crippen molar-refractivity contribution >= 4 is 34.8 Å². The third kappa shape index (κ3) is 6.03. The maximum atomic E-state index is 12.0. The van der Waals surface area contributed by atoms with Crippen molar-refractivity contribution in [3.63, 3.8) is 0 Å². The van der Waals surface area contributed by atoms with Crippen LogP contribution in [-0.2, 0) is 16.1 Å². The first-order chi connectivity index (χ1) is 13.6. The molecule has 28 heavy (non-hydrogen) atoms. The number of morpholine rings is 1. The minimum Gasteiger partial charge on any atom is -0.492 e. The van der Waals surface area contributed by atoms with Crippen LogP contribution in [0.15, 0.2) is 42.5 Å². The van der Waals surface area contributed by atoms with Gasteiger partial charge in [-0.15, -0.1) is 0 Å². The summed E-state index contributed by atoms with van der Waals surface area (Å²) in [6.07, 6.45) is 0.995. The molecule has 2 aromatic rings. The number of carbonyl (C=O) groups is 1. The Balaban J connectivity index is 1.35. The van der Waals surface area contributed by atoms with E-state index in [0.717, 1.165) is 31.9 Å². The average Bonchev–Trinajstić information content (AvgIpc) is 2.73. The topological polar surface area (TPSA) is 50.8 Å². The zero-order chi connectivity index (χ0) is 19.8. The SMILES string of the molecule is O=C(CCCOc1cccc(Cl)c1Cl)NCc1ccc(N2CCOCC2)cc1. The molecule has 7 heteroatoms. The van der Waals surface area contributed by atoms with Gasteiger partial charge in [0, 0.05) is 31.7 Å². The van der Waals surface area contributed by atoms with Crippen LogP contribution in [0.2, 0.25) is 10.0 Å². The monoisotopic (exact) mass is 422 g/mol. The summed E-state index contributed by atoms with van der Waals surface area (Å²) in [7, 11) is 0. The number of halogens is 2. The smallest absolute Gasteiger partial charge is 0.220 e. The van der Waals surface area contributed by atoms with Crippen LogP contribution in [0.5, 0.6) is 5.75 Å². The van der Waals surface area contributed by atoms with Crippen molar-refractivity contribution in [2.75, 3.05) is 37.8 Å². The largest absolute Gasteiger partial charge is 0.492 e. The molecule has 3 rings (SSSR count). The zero-order valence-electron chi connectivity index (χ0n) is 15.6. The second-order valence-electron chi connectivity index (χ2n) is 6.55. The molecule has 0 spiro atoms. The first-order valence-electron chi connectivity index (χ1n) is 9.38. The van der Waals surface area contributed by atoms with E-state index in [1.807, 2.05) is 0 Å². The van der Waals surface area contributed by atoms with E-state index in [9.17, 15) is 4.79 Å². The van der Waals surface area contributed by atoms with Gasteiger partial charge in [0.05, 0.1) is 24.8 Å². The van der Waals surface area contributed by atoms with Gasteiger partial charge in [-0.2, -0.15) is 0 Å². The Kier molecular flexibility index (Phi) is 7.83. The second kappa shape index (κ2) is 10.6. The van der Waals surface area contributed by atoms with Crippen molar-refractivity contribution in [3.05, 3.63) is 58.1 Å². The lowest BCUT2D eigenvalue weighted by Gasteiger charge is -2.28. The number of rotatable bonds is 8. The Morgan fingerprint density at radius 1 is 1.11 bits per heavy atom. The van der Waals surface area contributed by atoms with Gasteiger partial charge >= 0.3 is 0 Å². The fourth-order valence-electron chi connectivity index (χ4n) is 2.95. The van der Waals surface area contributed by atoms with Crippen molar-refractivity contribution in [1.82, 2.24) is 5.32 Å². The van der Waals surface area contributed by atoms with E-state index in [-0.39, 0.29) is 5.91 Å². The summed E-state index contributed by atoms with van der Waals surface area (Å²) in [6.45, 7) is 4.29. The van der Waals surface area contributed by atoms with E-state index in [4.69, 9.17) is 32.7 Å². The molecule has 0 atom stereocenters. The van der Waals surface area contributed by atoms with Crippen LogP contribution < -0.4 is 15.0 Å². The highest BCUT2D eigenvalue weighted by atomic mass is 35.5. The molecule has 1 aliphatic rings. The molecule has 1 saturated heterocycles. The second-order valence-corrected chi connectivity index (χ2v) is 7.33. The molecule has 1 aliphatic heterocycles. The van der Waals surface area contributed by atoms with Gasteiger partial charge in [0.15, 0.2) is 0 Å². The van der Waals surface area contributed by atoms with Crippen molar-refractivity contribution in [1.29, 1.82) is 0 Å². The van der Waals surface area contributed by atoms with Gasteiger partial charge in [-0.05, 0) is 36.2 Å². The maximum Gasteiger partial charge on any atom is 0.220 e. The van der Waals surface area contributed by atoms with Crippen LogP contribution in [-0.4, -0.2) is 38.8 Å². The Hall–Kier alpha value is -1.95. The van der Waals surface area contributed by atoms with Crippen molar-refractivity contribution in [2.24, 2.45) is 0 Å². The van der Waals surface area contributed by atoms with Crippen LogP contribution in [0.25, 0.3) is 0 Å². The van der Waals surface area contributed by atoms with Gasteiger partial charge in [-0.25, -0.2) is 0 Å². The zero-order valence-corrected chi connectivity index (χ0v) is 17.1. The Labute approximate surface area is 175 Å². The van der Waals surface area contributed by atoms with Gasteiger partial charge in [0.1, 0.15) is 10.8 Å². The fourth-order valence-corrected chi connectivity index (χ4v) is 3.29. The highest BCUT2D eigenvalue weighted by Gasteiger charge is 2.11. The van der Waals surface area contributed by atoms with E-state index in [0.29, 0.717) is 41.8 Å². The number of nitrogens with one attached hydrogen (secondary N) is 1. The Bertz CT molecular complexity index is 778. The van der Waals surface area contributed by atoms with Gasteiger partial charge in [-0.1, -0.05) is 41.4 Å². The molecular weight excluding hydrogens is 399 g/mol. The molecular formula is C21H24Cl2N2O3. The molecule has 150 valence electrons. The number of anilines is 1. The number of ether oxygens (including phenoxy) is 2. The van der Waals surface area contributed by atoms with Crippen molar-refractivity contribution < 1.29 is 14.3 Å². The number of nitrogens with zero attached hydrogens (tertiary/aromatic N) is 1. The predicted octanol–water partition coefficient (Wildman–Crippen LogP) is 4.31. The molecule has 0 aliphatic carbocycles. The van der Waals surface area contributed by atoms with E-state index >= 15 is 0 Å². The maximum absolute atomic E-state index is 12.0. The first-order valence-corrected chi connectivity index (χ1v) is 10.1. The molecule has 2 aromatic carbocycles. The first kappa shape index (κ1) is 20.8. The van der Waals surface area contributed by atoms with Crippen LogP contribution >= 0.6 is 23.2 Å². The normalized spacial score (nSPS) is 14.0. The van der Waals surface area contributed by atoms with Gasteiger partial charge in [0.25, 0.3) is 0 Å². The lowest BCUT2D eigenvalue weighted by atomic mass is 10.2. The quantitative estimate of drug-likeness (QED) is 0.644. The molecule has 0 bridgehead atoms. The molecule has 0 radical (unpaired) electrons.